The van der Waals surface area contributed by atoms with Crippen LogP contribution in [-0.4, -0.2) is 61.9 Å². The number of pyridine rings is 1. The van der Waals surface area contributed by atoms with E-state index in [1.807, 2.05) is 16.7 Å². The third kappa shape index (κ3) is 4.77. The van der Waals surface area contributed by atoms with Crippen LogP contribution in [0.2, 0.25) is 0 Å². The highest BCUT2D eigenvalue weighted by atomic mass is 32.2. The smallest absolute Gasteiger partial charge is 0.293 e. The van der Waals surface area contributed by atoms with Crippen molar-refractivity contribution in [1.29, 1.82) is 5.26 Å². The Bertz CT molecular complexity index is 1190. The molecule has 0 N–H and O–H groups in total. The number of nitrogens with zero attached hydrogens (tertiary/aromatic N) is 6. The Hall–Kier alpha value is -3.23. The van der Waals surface area contributed by atoms with Crippen LogP contribution in [0.5, 0.6) is 0 Å². The van der Waals surface area contributed by atoms with E-state index in [4.69, 9.17) is 5.26 Å². The number of benzene rings is 1. The molecule has 2 saturated heterocycles. The Morgan fingerprint density at radius 2 is 1.85 bits per heavy atom. The summed E-state index contributed by atoms with van der Waals surface area (Å²) in [6.45, 7) is 5.05. The Kier molecular flexibility index (Phi) is 6.49. The van der Waals surface area contributed by atoms with Crippen molar-refractivity contribution in [2.75, 3.05) is 49.1 Å². The van der Waals surface area contributed by atoms with Gasteiger partial charge in [0, 0.05) is 51.5 Å². The van der Waals surface area contributed by atoms with Gasteiger partial charge in [0.2, 0.25) is 10.0 Å². The van der Waals surface area contributed by atoms with E-state index in [1.165, 1.54) is 16.4 Å². The molecular weight excluding hydrogens is 444 g/mol. The maximum Gasteiger partial charge on any atom is 0.293 e. The molecule has 174 valence electrons. The molecule has 0 saturated carbocycles. The second kappa shape index (κ2) is 9.33. The van der Waals surface area contributed by atoms with Gasteiger partial charge < -0.3 is 9.80 Å². The van der Waals surface area contributed by atoms with Gasteiger partial charge >= 0.3 is 0 Å². The van der Waals surface area contributed by atoms with Crippen LogP contribution in [0.1, 0.15) is 25.3 Å². The molecule has 1 atom stereocenters. The summed E-state index contributed by atoms with van der Waals surface area (Å²) in [5.74, 6) is 0.961. The molecule has 33 heavy (non-hydrogen) atoms. The Morgan fingerprint density at radius 3 is 2.52 bits per heavy atom. The average molecular weight is 471 g/mol. The van der Waals surface area contributed by atoms with Crippen LogP contribution in [-0.2, 0) is 10.0 Å². The predicted molar refractivity (Wildman–Crippen MR) is 124 cm³/mol. The fraction of sp³-hybridized carbons (Fsp3) is 0.455. The summed E-state index contributed by atoms with van der Waals surface area (Å²) in [7, 11) is -3.78. The zero-order valence-electron chi connectivity index (χ0n) is 18.4. The summed E-state index contributed by atoms with van der Waals surface area (Å²) < 4.78 is 27.6. The van der Waals surface area contributed by atoms with E-state index >= 15 is 0 Å². The molecule has 2 fully saturated rings. The van der Waals surface area contributed by atoms with E-state index in [0.29, 0.717) is 56.3 Å². The summed E-state index contributed by atoms with van der Waals surface area (Å²) in [6.07, 6.45) is 3.36. The summed E-state index contributed by atoms with van der Waals surface area (Å²) in [6, 6.07) is 9.67. The third-order valence-electron chi connectivity index (χ3n) is 6.22. The first-order valence-electron chi connectivity index (χ1n) is 10.9. The van der Waals surface area contributed by atoms with E-state index in [-0.39, 0.29) is 16.5 Å². The van der Waals surface area contributed by atoms with Gasteiger partial charge in [-0.05, 0) is 43.0 Å². The third-order valence-corrected chi connectivity index (χ3v) is 8.08. The summed E-state index contributed by atoms with van der Waals surface area (Å²) >= 11 is 0. The van der Waals surface area contributed by atoms with E-state index in [1.54, 1.807) is 24.4 Å². The van der Waals surface area contributed by atoms with Crippen molar-refractivity contribution in [2.24, 2.45) is 5.92 Å². The lowest BCUT2D eigenvalue weighted by Crippen LogP contribution is -2.47. The van der Waals surface area contributed by atoms with Gasteiger partial charge in [0.15, 0.2) is 0 Å². The molecule has 1 aromatic heterocycles. The molecule has 0 spiro atoms. The minimum absolute atomic E-state index is 0.0387. The highest BCUT2D eigenvalue weighted by Crippen LogP contribution is 2.33. The Balaban J connectivity index is 1.54. The van der Waals surface area contributed by atoms with Crippen molar-refractivity contribution < 1.29 is 13.3 Å². The summed E-state index contributed by atoms with van der Waals surface area (Å²) in [5.41, 5.74) is 0.724. The van der Waals surface area contributed by atoms with Crippen LogP contribution in [0.15, 0.2) is 41.4 Å². The highest BCUT2D eigenvalue weighted by Gasteiger charge is 2.32. The molecule has 3 heterocycles. The van der Waals surface area contributed by atoms with Gasteiger partial charge in [0.25, 0.3) is 5.69 Å². The van der Waals surface area contributed by atoms with Crippen molar-refractivity contribution in [3.8, 4) is 6.07 Å². The second-order valence-electron chi connectivity index (χ2n) is 8.51. The number of hydrogen-bond acceptors (Lipinski definition) is 8. The molecule has 0 aliphatic carbocycles. The van der Waals surface area contributed by atoms with Crippen molar-refractivity contribution in [3.05, 3.63) is 52.2 Å². The molecule has 0 radical (unpaired) electrons. The molecule has 1 aromatic carbocycles. The van der Waals surface area contributed by atoms with Crippen molar-refractivity contribution in [2.45, 2.75) is 24.7 Å². The normalized spacial score (nSPS) is 19.8. The monoisotopic (exact) mass is 470 g/mol. The van der Waals surface area contributed by atoms with Crippen LogP contribution in [0.3, 0.4) is 0 Å². The molecule has 2 aliphatic heterocycles. The molecule has 10 nitrogen and oxygen atoms in total. The number of hydrogen-bond donors (Lipinski definition) is 0. The maximum atomic E-state index is 13.1. The first-order chi connectivity index (χ1) is 15.8. The van der Waals surface area contributed by atoms with Crippen LogP contribution >= 0.6 is 0 Å². The highest BCUT2D eigenvalue weighted by molar-refractivity contribution is 7.89. The molecule has 2 aromatic rings. The molecule has 0 amide bonds. The predicted octanol–water partition coefficient (Wildman–Crippen LogP) is 2.61. The fourth-order valence-corrected chi connectivity index (χ4v) is 6.05. The Labute approximate surface area is 193 Å². The lowest BCUT2D eigenvalue weighted by Gasteiger charge is -2.36. The molecule has 4 rings (SSSR count). The molecule has 0 bridgehead atoms. The minimum Gasteiger partial charge on any atom is -0.362 e. The van der Waals surface area contributed by atoms with Gasteiger partial charge in [-0.2, -0.15) is 9.57 Å². The number of aromatic nitrogens is 1. The van der Waals surface area contributed by atoms with Gasteiger partial charge in [-0.3, -0.25) is 10.1 Å². The van der Waals surface area contributed by atoms with Crippen molar-refractivity contribution in [3.63, 3.8) is 0 Å². The topological polar surface area (TPSA) is 124 Å². The summed E-state index contributed by atoms with van der Waals surface area (Å²) in [4.78, 5) is 19.5. The minimum atomic E-state index is -3.78. The van der Waals surface area contributed by atoms with Crippen molar-refractivity contribution >= 4 is 27.2 Å². The zero-order valence-corrected chi connectivity index (χ0v) is 19.2. The molecule has 11 heteroatoms. The van der Waals surface area contributed by atoms with E-state index in [9.17, 15) is 18.5 Å². The number of nitro groups is 1. The first-order valence-corrected chi connectivity index (χ1v) is 12.4. The fourth-order valence-electron chi connectivity index (χ4n) is 4.43. The van der Waals surface area contributed by atoms with E-state index < -0.39 is 14.9 Å². The largest absolute Gasteiger partial charge is 0.362 e. The molecule has 2 aliphatic rings. The quantitative estimate of drug-likeness (QED) is 0.482. The second-order valence-corrected chi connectivity index (χ2v) is 10.4. The number of nitro benzene ring substituents is 1. The maximum absolute atomic E-state index is 13.1. The van der Waals surface area contributed by atoms with Crippen LogP contribution in [0, 0.1) is 27.4 Å². The van der Waals surface area contributed by atoms with Crippen LogP contribution in [0.4, 0.5) is 17.2 Å². The molecule has 1 unspecified atom stereocenters. The van der Waals surface area contributed by atoms with Crippen LogP contribution < -0.4 is 9.80 Å². The summed E-state index contributed by atoms with van der Waals surface area (Å²) in [5, 5.41) is 20.9. The standard InChI is InChI=1S/C22H26N6O4S/c1-17-3-2-8-27(16-17)33(31,32)19-4-5-20(21(14-19)28(29)30)25-9-11-26(12-10-25)22-13-18(15-23)6-7-24-22/h4-7,13-14,17H,2-3,8-12,16H2,1H3. The van der Waals surface area contributed by atoms with Gasteiger partial charge in [-0.15, -0.1) is 0 Å². The number of rotatable bonds is 5. The van der Waals surface area contributed by atoms with Gasteiger partial charge in [-0.25, -0.2) is 13.4 Å². The lowest BCUT2D eigenvalue weighted by molar-refractivity contribution is -0.384. The number of anilines is 2. The first kappa shape index (κ1) is 22.9. The molecular formula is C22H26N6O4S. The average Bonchev–Trinajstić information content (AvgIpc) is 2.83. The van der Waals surface area contributed by atoms with Gasteiger partial charge in [-0.1, -0.05) is 6.92 Å². The number of sulfonamides is 1. The van der Waals surface area contributed by atoms with E-state index in [0.717, 1.165) is 12.8 Å². The number of nitriles is 1. The van der Waals surface area contributed by atoms with Crippen molar-refractivity contribution in [1.82, 2.24) is 9.29 Å². The Morgan fingerprint density at radius 1 is 1.12 bits per heavy atom. The van der Waals surface area contributed by atoms with E-state index in [2.05, 4.69) is 11.1 Å². The van der Waals surface area contributed by atoms with Gasteiger partial charge in [0.05, 0.1) is 21.5 Å². The SMILES string of the molecule is CC1CCCN(S(=O)(=O)c2ccc(N3CCN(c4cc(C#N)ccn4)CC3)c([N+](=O)[O-])c2)C1. The number of piperazine rings is 1. The van der Waals surface area contributed by atoms with Gasteiger partial charge in [0.1, 0.15) is 11.5 Å². The zero-order chi connectivity index (χ0) is 23.6. The lowest BCUT2D eigenvalue weighted by atomic mass is 10.0. The van der Waals surface area contributed by atoms with Crippen LogP contribution in [0.25, 0.3) is 0 Å². The number of piperidine rings is 1.